The number of anilines is 1. The molecule has 0 bridgehead atoms. The highest BCUT2D eigenvalue weighted by molar-refractivity contribution is 6.43. The van der Waals surface area contributed by atoms with Crippen LogP contribution in [0.4, 0.5) is 5.69 Å². The Kier molecular flexibility index (Phi) is 4.70. The molecule has 5 heteroatoms. The van der Waals surface area contributed by atoms with Crippen molar-refractivity contribution < 1.29 is 9.59 Å². The largest absolute Gasteiger partial charge is 0.319 e. The number of carbonyl (C=O) groups excluding carboxylic acids is 2. The van der Waals surface area contributed by atoms with Gasteiger partial charge in [-0.25, -0.2) is 0 Å². The van der Waals surface area contributed by atoms with Crippen molar-refractivity contribution in [1.82, 2.24) is 0 Å². The minimum Gasteiger partial charge on any atom is -0.319 e. The van der Waals surface area contributed by atoms with Crippen molar-refractivity contribution in [2.75, 3.05) is 5.32 Å². The van der Waals surface area contributed by atoms with Crippen LogP contribution in [0.15, 0.2) is 54.6 Å². The van der Waals surface area contributed by atoms with Crippen molar-refractivity contribution in [3.8, 4) is 6.07 Å². The first-order chi connectivity index (χ1) is 10.1. The summed E-state index contributed by atoms with van der Waals surface area (Å²) in [5.74, 6) is -2.76. The maximum atomic E-state index is 12.1. The number of nitrogens with one attached hydrogen (secondary N) is 1. The highest BCUT2D eigenvalue weighted by Gasteiger charge is 2.26. The third-order valence-corrected chi connectivity index (χ3v) is 3.07. The van der Waals surface area contributed by atoms with Gasteiger partial charge in [0, 0.05) is 10.7 Å². The molecular formula is C16H11ClN2O2. The molecule has 0 saturated heterocycles. The van der Waals surface area contributed by atoms with Crippen LogP contribution in [0.1, 0.15) is 11.5 Å². The Morgan fingerprint density at radius 1 is 1.10 bits per heavy atom. The van der Waals surface area contributed by atoms with Gasteiger partial charge in [0.05, 0.1) is 6.07 Å². The van der Waals surface area contributed by atoms with Crippen LogP contribution in [0.3, 0.4) is 0 Å². The monoisotopic (exact) mass is 298 g/mol. The summed E-state index contributed by atoms with van der Waals surface area (Å²) in [7, 11) is 0. The van der Waals surface area contributed by atoms with Crippen LogP contribution in [0.25, 0.3) is 0 Å². The van der Waals surface area contributed by atoms with E-state index in [2.05, 4.69) is 5.32 Å². The van der Waals surface area contributed by atoms with Gasteiger partial charge in [0.2, 0.25) is 5.78 Å². The molecule has 104 valence electrons. The topological polar surface area (TPSA) is 70.0 Å². The van der Waals surface area contributed by atoms with E-state index in [0.717, 1.165) is 0 Å². The molecule has 0 heterocycles. The van der Waals surface area contributed by atoms with E-state index in [4.69, 9.17) is 16.9 Å². The fourth-order valence-corrected chi connectivity index (χ4v) is 2.01. The number of amides is 1. The Hall–Kier alpha value is -2.64. The van der Waals surface area contributed by atoms with E-state index in [9.17, 15) is 9.59 Å². The molecule has 0 aliphatic carbocycles. The summed E-state index contributed by atoms with van der Waals surface area (Å²) in [6, 6.07) is 16.8. The highest BCUT2D eigenvalue weighted by atomic mass is 35.5. The molecule has 4 nitrogen and oxygen atoms in total. The van der Waals surface area contributed by atoms with Crippen molar-refractivity contribution in [3.63, 3.8) is 0 Å². The SMILES string of the molecule is N#CC(C(=O)C(=O)Nc1cccc(Cl)c1)c1ccccc1. The van der Waals surface area contributed by atoms with Gasteiger partial charge in [-0.05, 0) is 23.8 Å². The van der Waals surface area contributed by atoms with E-state index in [1.807, 2.05) is 6.07 Å². The minimum atomic E-state index is -1.12. The molecule has 0 aliphatic heterocycles. The van der Waals surface area contributed by atoms with Crippen molar-refractivity contribution in [3.05, 3.63) is 65.2 Å². The zero-order valence-electron chi connectivity index (χ0n) is 10.9. The third-order valence-electron chi connectivity index (χ3n) is 2.83. The predicted octanol–water partition coefficient (Wildman–Crippen LogP) is 3.15. The lowest BCUT2D eigenvalue weighted by molar-refractivity contribution is -0.135. The molecule has 0 aliphatic rings. The number of nitriles is 1. The van der Waals surface area contributed by atoms with Gasteiger partial charge in [0.25, 0.3) is 5.91 Å². The second-order valence-electron chi connectivity index (χ2n) is 4.30. The van der Waals surface area contributed by atoms with Crippen molar-refractivity contribution in [1.29, 1.82) is 5.26 Å². The van der Waals surface area contributed by atoms with E-state index in [1.165, 1.54) is 6.07 Å². The van der Waals surface area contributed by atoms with E-state index in [0.29, 0.717) is 16.3 Å². The van der Waals surface area contributed by atoms with E-state index < -0.39 is 17.6 Å². The fourth-order valence-electron chi connectivity index (χ4n) is 1.82. The van der Waals surface area contributed by atoms with Crippen LogP contribution in [0.5, 0.6) is 0 Å². The summed E-state index contributed by atoms with van der Waals surface area (Å²) in [6.07, 6.45) is 0. The Morgan fingerprint density at radius 3 is 2.43 bits per heavy atom. The van der Waals surface area contributed by atoms with Crippen LogP contribution in [0, 0.1) is 11.3 Å². The van der Waals surface area contributed by atoms with Gasteiger partial charge in [-0.2, -0.15) is 5.26 Å². The Bertz CT molecular complexity index is 708. The minimum absolute atomic E-state index is 0.408. The van der Waals surface area contributed by atoms with E-state index >= 15 is 0 Å². The quantitative estimate of drug-likeness (QED) is 0.881. The lowest BCUT2D eigenvalue weighted by Gasteiger charge is -2.09. The number of benzene rings is 2. The van der Waals surface area contributed by atoms with Gasteiger partial charge in [-0.15, -0.1) is 0 Å². The highest BCUT2D eigenvalue weighted by Crippen LogP contribution is 2.18. The zero-order valence-corrected chi connectivity index (χ0v) is 11.7. The van der Waals surface area contributed by atoms with Gasteiger partial charge >= 0.3 is 0 Å². The molecule has 0 spiro atoms. The normalized spacial score (nSPS) is 11.2. The van der Waals surface area contributed by atoms with Crippen LogP contribution in [0.2, 0.25) is 5.02 Å². The maximum Gasteiger partial charge on any atom is 0.293 e. The van der Waals surface area contributed by atoms with Crippen LogP contribution in [-0.2, 0) is 9.59 Å². The van der Waals surface area contributed by atoms with Gasteiger partial charge in [-0.3, -0.25) is 9.59 Å². The number of halogens is 1. The molecule has 1 atom stereocenters. The first-order valence-corrected chi connectivity index (χ1v) is 6.55. The number of carbonyl (C=O) groups is 2. The number of hydrogen-bond acceptors (Lipinski definition) is 3. The van der Waals surface area contributed by atoms with Gasteiger partial charge in [-0.1, -0.05) is 48.0 Å². The maximum absolute atomic E-state index is 12.1. The number of rotatable bonds is 4. The smallest absolute Gasteiger partial charge is 0.293 e. The number of ketones is 1. The first kappa shape index (κ1) is 14.8. The Morgan fingerprint density at radius 2 is 1.81 bits per heavy atom. The third kappa shape index (κ3) is 3.68. The molecule has 1 N–H and O–H groups in total. The fraction of sp³-hybridized carbons (Fsp3) is 0.0625. The molecule has 1 unspecified atom stereocenters. The first-order valence-electron chi connectivity index (χ1n) is 6.17. The molecule has 21 heavy (non-hydrogen) atoms. The Balaban J connectivity index is 2.15. The van der Waals surface area contributed by atoms with Gasteiger partial charge in [0.15, 0.2) is 0 Å². The number of nitrogens with zero attached hydrogens (tertiary/aromatic N) is 1. The summed E-state index contributed by atoms with van der Waals surface area (Å²) in [5, 5.41) is 12.0. The van der Waals surface area contributed by atoms with E-state index in [-0.39, 0.29) is 0 Å². The molecule has 0 saturated carbocycles. The molecule has 2 aromatic carbocycles. The van der Waals surface area contributed by atoms with Crippen LogP contribution in [-0.4, -0.2) is 11.7 Å². The summed E-state index contributed by atoms with van der Waals surface area (Å²) in [6.45, 7) is 0. The van der Waals surface area contributed by atoms with Gasteiger partial charge < -0.3 is 5.32 Å². The molecule has 0 aromatic heterocycles. The van der Waals surface area contributed by atoms with Crippen molar-refractivity contribution in [2.24, 2.45) is 0 Å². The average molecular weight is 299 g/mol. The predicted molar refractivity (Wildman–Crippen MR) is 79.9 cm³/mol. The molecule has 2 rings (SSSR count). The molecular weight excluding hydrogens is 288 g/mol. The summed E-state index contributed by atoms with van der Waals surface area (Å²) < 4.78 is 0. The average Bonchev–Trinajstić information content (AvgIpc) is 2.49. The Labute approximate surface area is 127 Å². The second kappa shape index (κ2) is 6.69. The van der Waals surface area contributed by atoms with Crippen LogP contribution < -0.4 is 5.32 Å². The molecule has 0 fully saturated rings. The lowest BCUT2D eigenvalue weighted by Crippen LogP contribution is -2.27. The molecule has 2 aromatic rings. The molecule has 0 radical (unpaired) electrons. The number of hydrogen-bond donors (Lipinski definition) is 1. The molecule has 1 amide bonds. The van der Waals surface area contributed by atoms with E-state index in [1.54, 1.807) is 48.5 Å². The standard InChI is InChI=1S/C16H11ClN2O2/c17-12-7-4-8-13(9-12)19-16(21)15(20)14(10-18)11-5-2-1-3-6-11/h1-9,14H,(H,19,21). The summed E-state index contributed by atoms with van der Waals surface area (Å²) in [5.41, 5.74) is 0.900. The van der Waals surface area contributed by atoms with Crippen molar-refractivity contribution >= 4 is 29.0 Å². The second-order valence-corrected chi connectivity index (χ2v) is 4.74. The summed E-state index contributed by atoms with van der Waals surface area (Å²) >= 11 is 5.81. The lowest BCUT2D eigenvalue weighted by atomic mass is 9.96. The van der Waals surface area contributed by atoms with Crippen molar-refractivity contribution in [2.45, 2.75) is 5.92 Å². The summed E-state index contributed by atoms with van der Waals surface area (Å²) in [4.78, 5) is 24.0. The van der Waals surface area contributed by atoms with Crippen LogP contribution >= 0.6 is 11.6 Å². The zero-order chi connectivity index (χ0) is 15.2. The number of Topliss-reactive ketones (excluding diaryl/α,β-unsaturated/α-hetero) is 1. The van der Waals surface area contributed by atoms with Gasteiger partial charge in [0.1, 0.15) is 5.92 Å².